The van der Waals surface area contributed by atoms with E-state index in [1.807, 2.05) is 17.4 Å². The van der Waals surface area contributed by atoms with Crippen LogP contribution < -0.4 is 0 Å². The highest BCUT2D eigenvalue weighted by Crippen LogP contribution is 2.45. The number of aliphatic imine (C=N–C) groups is 1. The summed E-state index contributed by atoms with van der Waals surface area (Å²) < 4.78 is 1.34. The number of amidine groups is 1. The summed E-state index contributed by atoms with van der Waals surface area (Å²) in [5, 5.41) is 2.46. The van der Waals surface area contributed by atoms with Crippen molar-refractivity contribution in [3.05, 3.63) is 52.3 Å². The minimum absolute atomic E-state index is 0.903. The molecule has 2 aliphatic rings. The summed E-state index contributed by atoms with van der Waals surface area (Å²) >= 11 is 3.60. The number of thiophene rings is 1. The molecule has 4 heteroatoms. The fraction of sp³-hybridized carbons (Fsp3) is 0.188. The van der Waals surface area contributed by atoms with E-state index in [1.165, 1.54) is 31.1 Å². The third-order valence-electron chi connectivity index (χ3n) is 3.60. The average molecular weight is 298 g/mol. The Bertz CT molecular complexity index is 783. The first-order valence-corrected chi connectivity index (χ1v) is 8.27. The van der Waals surface area contributed by atoms with E-state index < -0.39 is 0 Å². The molecule has 2 aliphatic heterocycles. The minimum atomic E-state index is 0.903. The SMILES string of the molecule is C=CC1=C(c2cc3cc(C)ccc3s2)N2CCN=C2S1. The zero-order valence-corrected chi connectivity index (χ0v) is 12.9. The fourth-order valence-corrected chi connectivity index (χ4v) is 4.89. The summed E-state index contributed by atoms with van der Waals surface area (Å²) in [6.07, 6.45) is 1.95. The monoisotopic (exact) mass is 298 g/mol. The van der Waals surface area contributed by atoms with Crippen LogP contribution in [0.15, 0.2) is 46.8 Å². The lowest BCUT2D eigenvalue weighted by molar-refractivity contribution is 0.650. The summed E-state index contributed by atoms with van der Waals surface area (Å²) in [4.78, 5) is 9.44. The molecule has 3 heterocycles. The van der Waals surface area contributed by atoms with Crippen LogP contribution in [-0.4, -0.2) is 23.2 Å². The molecular formula is C16H14N2S2. The minimum Gasteiger partial charge on any atom is -0.317 e. The molecule has 0 fully saturated rings. The van der Waals surface area contributed by atoms with E-state index in [-0.39, 0.29) is 0 Å². The van der Waals surface area contributed by atoms with Gasteiger partial charge in [-0.15, -0.1) is 11.3 Å². The standard InChI is InChI=1S/C16H14N2S2/c1-3-12-15(18-7-6-17-16(18)20-12)14-9-11-8-10(2)4-5-13(11)19-14/h3-5,8-9H,1,6-7H2,2H3. The van der Waals surface area contributed by atoms with E-state index in [0.29, 0.717) is 0 Å². The van der Waals surface area contributed by atoms with Gasteiger partial charge < -0.3 is 4.90 Å². The second-order valence-electron chi connectivity index (χ2n) is 4.99. The van der Waals surface area contributed by atoms with Gasteiger partial charge in [-0.3, -0.25) is 4.99 Å². The van der Waals surface area contributed by atoms with E-state index in [9.17, 15) is 0 Å². The molecule has 1 aromatic heterocycles. The van der Waals surface area contributed by atoms with E-state index in [1.54, 1.807) is 11.8 Å². The Hall–Kier alpha value is -1.52. The molecule has 0 aliphatic carbocycles. The van der Waals surface area contributed by atoms with Gasteiger partial charge >= 0.3 is 0 Å². The first-order valence-electron chi connectivity index (χ1n) is 6.63. The number of hydrogen-bond donors (Lipinski definition) is 0. The quantitative estimate of drug-likeness (QED) is 0.812. The Morgan fingerprint density at radius 1 is 1.35 bits per heavy atom. The highest BCUT2D eigenvalue weighted by molar-refractivity contribution is 8.17. The molecule has 1 aromatic carbocycles. The highest BCUT2D eigenvalue weighted by Gasteiger charge is 2.32. The number of aryl methyl sites for hydroxylation is 1. The molecule has 0 bridgehead atoms. The van der Waals surface area contributed by atoms with E-state index in [2.05, 4.69) is 47.7 Å². The topological polar surface area (TPSA) is 15.6 Å². The summed E-state index contributed by atoms with van der Waals surface area (Å²) in [7, 11) is 0. The number of nitrogens with zero attached hydrogens (tertiary/aromatic N) is 2. The Morgan fingerprint density at radius 3 is 3.10 bits per heavy atom. The molecule has 0 saturated heterocycles. The molecule has 0 saturated carbocycles. The normalized spacial score (nSPS) is 17.9. The maximum Gasteiger partial charge on any atom is 0.168 e. The number of rotatable bonds is 2. The molecule has 0 unspecified atom stereocenters. The van der Waals surface area contributed by atoms with Crippen LogP contribution in [0.25, 0.3) is 15.8 Å². The lowest BCUT2D eigenvalue weighted by Crippen LogP contribution is -2.19. The van der Waals surface area contributed by atoms with Gasteiger partial charge in [-0.2, -0.15) is 0 Å². The Kier molecular flexibility index (Phi) is 2.75. The molecule has 4 rings (SSSR count). The maximum atomic E-state index is 4.56. The molecule has 0 spiro atoms. The van der Waals surface area contributed by atoms with E-state index >= 15 is 0 Å². The Balaban J connectivity index is 1.88. The van der Waals surface area contributed by atoms with Crippen molar-refractivity contribution in [1.29, 1.82) is 0 Å². The van der Waals surface area contributed by atoms with Gasteiger partial charge in [0.1, 0.15) is 0 Å². The summed E-state index contributed by atoms with van der Waals surface area (Å²) in [5.74, 6) is 0. The predicted molar refractivity (Wildman–Crippen MR) is 90.3 cm³/mol. The first kappa shape index (κ1) is 12.2. The molecule has 100 valence electrons. The van der Waals surface area contributed by atoms with Crippen molar-refractivity contribution in [3.8, 4) is 0 Å². The number of benzene rings is 1. The zero-order chi connectivity index (χ0) is 13.7. The molecule has 0 radical (unpaired) electrons. The smallest absolute Gasteiger partial charge is 0.168 e. The molecular weight excluding hydrogens is 284 g/mol. The molecule has 2 nitrogen and oxygen atoms in total. The Labute approximate surface area is 126 Å². The van der Waals surface area contributed by atoms with Crippen molar-refractivity contribution >= 4 is 44.0 Å². The lowest BCUT2D eigenvalue weighted by Gasteiger charge is -2.15. The van der Waals surface area contributed by atoms with Crippen LogP contribution >= 0.6 is 23.1 Å². The molecule has 2 aromatic rings. The first-order chi connectivity index (χ1) is 9.76. The van der Waals surface area contributed by atoms with Crippen LogP contribution in [0.3, 0.4) is 0 Å². The number of hydrogen-bond acceptors (Lipinski definition) is 4. The van der Waals surface area contributed by atoms with Crippen molar-refractivity contribution in [3.63, 3.8) is 0 Å². The van der Waals surface area contributed by atoms with Crippen LogP contribution in [0.1, 0.15) is 10.4 Å². The molecule has 20 heavy (non-hydrogen) atoms. The fourth-order valence-electron chi connectivity index (χ4n) is 2.67. The average Bonchev–Trinajstić information content (AvgIpc) is 3.09. The number of fused-ring (bicyclic) bond motifs is 2. The van der Waals surface area contributed by atoms with Crippen LogP contribution in [-0.2, 0) is 0 Å². The van der Waals surface area contributed by atoms with Crippen LogP contribution in [0.4, 0.5) is 0 Å². The van der Waals surface area contributed by atoms with Gasteiger partial charge in [0, 0.05) is 16.1 Å². The van der Waals surface area contributed by atoms with Crippen molar-refractivity contribution in [2.24, 2.45) is 4.99 Å². The molecule has 0 N–H and O–H groups in total. The summed E-state index contributed by atoms with van der Waals surface area (Å²) in [6.45, 7) is 7.99. The number of thioether (sulfide) groups is 1. The third kappa shape index (κ3) is 1.75. The van der Waals surface area contributed by atoms with E-state index in [4.69, 9.17) is 0 Å². The van der Waals surface area contributed by atoms with Crippen LogP contribution in [0.5, 0.6) is 0 Å². The molecule has 0 amide bonds. The van der Waals surface area contributed by atoms with Crippen LogP contribution in [0.2, 0.25) is 0 Å². The van der Waals surface area contributed by atoms with Crippen molar-refractivity contribution < 1.29 is 0 Å². The van der Waals surface area contributed by atoms with Crippen molar-refractivity contribution in [2.45, 2.75) is 6.92 Å². The predicted octanol–water partition coefficient (Wildman–Crippen LogP) is 4.48. The van der Waals surface area contributed by atoms with Gasteiger partial charge in [0.2, 0.25) is 0 Å². The second kappa shape index (κ2) is 4.50. The van der Waals surface area contributed by atoms with E-state index in [0.717, 1.165) is 18.3 Å². The van der Waals surface area contributed by atoms with Gasteiger partial charge in [-0.1, -0.05) is 30.4 Å². The van der Waals surface area contributed by atoms with Gasteiger partial charge in [-0.05, 0) is 36.2 Å². The van der Waals surface area contributed by atoms with Gasteiger partial charge in [-0.25, -0.2) is 0 Å². The zero-order valence-electron chi connectivity index (χ0n) is 11.2. The Morgan fingerprint density at radius 2 is 2.25 bits per heavy atom. The van der Waals surface area contributed by atoms with Crippen LogP contribution in [0, 0.1) is 6.92 Å². The summed E-state index contributed by atoms with van der Waals surface area (Å²) in [6, 6.07) is 8.95. The van der Waals surface area contributed by atoms with Gasteiger partial charge in [0.15, 0.2) is 5.17 Å². The number of allylic oxidation sites excluding steroid dienone is 1. The second-order valence-corrected chi connectivity index (χ2v) is 7.08. The lowest BCUT2D eigenvalue weighted by atomic mass is 10.2. The van der Waals surface area contributed by atoms with Gasteiger partial charge in [0.25, 0.3) is 0 Å². The van der Waals surface area contributed by atoms with Gasteiger partial charge in [0.05, 0.1) is 17.1 Å². The highest BCUT2D eigenvalue weighted by atomic mass is 32.2. The third-order valence-corrected chi connectivity index (χ3v) is 5.83. The largest absolute Gasteiger partial charge is 0.317 e. The molecule has 0 atom stereocenters. The summed E-state index contributed by atoms with van der Waals surface area (Å²) in [5.41, 5.74) is 2.60. The van der Waals surface area contributed by atoms with Crippen molar-refractivity contribution in [1.82, 2.24) is 4.90 Å². The maximum absolute atomic E-state index is 4.56. The van der Waals surface area contributed by atoms with Crippen molar-refractivity contribution in [2.75, 3.05) is 13.1 Å².